The Balaban J connectivity index is 2.63. The van der Waals surface area contributed by atoms with Gasteiger partial charge >= 0.3 is 5.97 Å². The minimum atomic E-state index is -0.956. The topological polar surface area (TPSA) is 81.4 Å². The van der Waals surface area contributed by atoms with E-state index in [1.165, 1.54) is 0 Å². The first kappa shape index (κ1) is 22.2. The van der Waals surface area contributed by atoms with Crippen molar-refractivity contribution in [1.82, 2.24) is 5.32 Å². The SMILES string of the molecule is CC(C)C(NCCCC(C)(C)C)C(=O)OC(Cc1ccccc1)C(N)=O. The number of amides is 1. The number of nitrogens with two attached hydrogens (primary N) is 1. The van der Waals surface area contributed by atoms with E-state index in [0.717, 1.165) is 24.9 Å². The molecule has 0 spiro atoms. The van der Waals surface area contributed by atoms with Crippen LogP contribution < -0.4 is 11.1 Å². The van der Waals surface area contributed by atoms with Crippen LogP contribution in [0.25, 0.3) is 0 Å². The van der Waals surface area contributed by atoms with Gasteiger partial charge in [-0.2, -0.15) is 0 Å². The lowest BCUT2D eigenvalue weighted by Crippen LogP contribution is -2.46. The van der Waals surface area contributed by atoms with Crippen molar-refractivity contribution < 1.29 is 14.3 Å². The van der Waals surface area contributed by atoms with Crippen LogP contribution in [-0.2, 0) is 20.7 Å². The Kier molecular flexibility index (Phi) is 8.79. The van der Waals surface area contributed by atoms with Gasteiger partial charge in [0.05, 0.1) is 0 Å². The van der Waals surface area contributed by atoms with E-state index in [2.05, 4.69) is 26.1 Å². The van der Waals surface area contributed by atoms with Gasteiger partial charge in [0, 0.05) is 6.42 Å². The predicted molar refractivity (Wildman–Crippen MR) is 105 cm³/mol. The number of carbonyl (C=O) groups is 2. The number of hydrogen-bond donors (Lipinski definition) is 2. The second kappa shape index (κ2) is 10.3. The van der Waals surface area contributed by atoms with Crippen molar-refractivity contribution in [3.63, 3.8) is 0 Å². The molecule has 146 valence electrons. The highest BCUT2D eigenvalue weighted by atomic mass is 16.5. The molecule has 1 aromatic carbocycles. The molecule has 3 N–H and O–H groups in total. The van der Waals surface area contributed by atoms with Gasteiger partial charge in [0.1, 0.15) is 6.04 Å². The molecule has 0 fully saturated rings. The molecule has 0 heterocycles. The molecule has 1 rings (SSSR count). The summed E-state index contributed by atoms with van der Waals surface area (Å²) in [7, 11) is 0. The molecule has 0 saturated carbocycles. The third-order valence-electron chi connectivity index (χ3n) is 4.23. The average Bonchev–Trinajstić information content (AvgIpc) is 2.53. The van der Waals surface area contributed by atoms with E-state index in [1.807, 2.05) is 44.2 Å². The van der Waals surface area contributed by atoms with E-state index in [4.69, 9.17) is 10.5 Å². The zero-order valence-corrected chi connectivity index (χ0v) is 16.7. The van der Waals surface area contributed by atoms with E-state index in [0.29, 0.717) is 0 Å². The lowest BCUT2D eigenvalue weighted by molar-refractivity contribution is -0.157. The number of ether oxygens (including phenoxy) is 1. The van der Waals surface area contributed by atoms with Crippen LogP contribution in [-0.4, -0.2) is 30.6 Å². The summed E-state index contributed by atoms with van der Waals surface area (Å²) in [6.07, 6.45) is 1.38. The largest absolute Gasteiger partial charge is 0.451 e. The van der Waals surface area contributed by atoms with E-state index >= 15 is 0 Å². The van der Waals surface area contributed by atoms with Crippen LogP contribution in [0.3, 0.4) is 0 Å². The van der Waals surface area contributed by atoms with Gasteiger partial charge in [0.15, 0.2) is 6.10 Å². The fraction of sp³-hybridized carbons (Fsp3) is 0.619. The molecule has 2 atom stereocenters. The van der Waals surface area contributed by atoms with Crippen molar-refractivity contribution in [3.05, 3.63) is 35.9 Å². The fourth-order valence-electron chi connectivity index (χ4n) is 2.71. The van der Waals surface area contributed by atoms with Crippen LogP contribution in [0.1, 0.15) is 53.0 Å². The number of rotatable bonds is 10. The lowest BCUT2D eigenvalue weighted by Gasteiger charge is -2.24. The minimum absolute atomic E-state index is 0.0578. The number of carbonyl (C=O) groups excluding carboxylic acids is 2. The predicted octanol–water partition coefficient (Wildman–Crippen LogP) is 3.07. The molecule has 0 aliphatic rings. The highest BCUT2D eigenvalue weighted by Gasteiger charge is 2.28. The third-order valence-corrected chi connectivity index (χ3v) is 4.23. The normalized spacial score (nSPS) is 14.1. The van der Waals surface area contributed by atoms with Crippen molar-refractivity contribution >= 4 is 11.9 Å². The molecule has 0 aliphatic heterocycles. The second-order valence-electron chi connectivity index (χ2n) is 8.36. The van der Waals surface area contributed by atoms with Crippen molar-refractivity contribution in [1.29, 1.82) is 0 Å². The Morgan fingerprint density at radius 1 is 1.15 bits per heavy atom. The molecule has 0 aromatic heterocycles. The Hall–Kier alpha value is -1.88. The minimum Gasteiger partial charge on any atom is -0.451 e. The van der Waals surface area contributed by atoms with Crippen LogP contribution in [0.2, 0.25) is 0 Å². The maximum Gasteiger partial charge on any atom is 0.324 e. The van der Waals surface area contributed by atoms with Gasteiger partial charge in [-0.25, -0.2) is 0 Å². The first-order valence-corrected chi connectivity index (χ1v) is 9.37. The number of benzene rings is 1. The number of esters is 1. The first-order chi connectivity index (χ1) is 12.1. The Bertz CT molecular complexity index is 564. The molecule has 1 aromatic rings. The molecule has 0 radical (unpaired) electrons. The van der Waals surface area contributed by atoms with Gasteiger partial charge in [0.2, 0.25) is 0 Å². The summed E-state index contributed by atoms with van der Waals surface area (Å²) >= 11 is 0. The first-order valence-electron chi connectivity index (χ1n) is 9.37. The summed E-state index contributed by atoms with van der Waals surface area (Å²) in [5.74, 6) is -0.990. The van der Waals surface area contributed by atoms with Crippen LogP contribution in [0, 0.1) is 11.3 Å². The van der Waals surface area contributed by atoms with Crippen LogP contribution >= 0.6 is 0 Å². The lowest BCUT2D eigenvalue weighted by atomic mass is 9.90. The quantitative estimate of drug-likeness (QED) is 0.495. The van der Waals surface area contributed by atoms with Crippen molar-refractivity contribution in [2.75, 3.05) is 6.54 Å². The van der Waals surface area contributed by atoms with Crippen molar-refractivity contribution in [2.24, 2.45) is 17.1 Å². The molecule has 0 bridgehead atoms. The van der Waals surface area contributed by atoms with Gasteiger partial charge in [-0.15, -0.1) is 0 Å². The molecule has 2 unspecified atom stereocenters. The van der Waals surface area contributed by atoms with Crippen molar-refractivity contribution in [2.45, 2.75) is 66.0 Å². The molecule has 26 heavy (non-hydrogen) atoms. The van der Waals surface area contributed by atoms with E-state index in [9.17, 15) is 9.59 Å². The Labute approximate surface area is 157 Å². The number of primary amides is 1. The van der Waals surface area contributed by atoms with E-state index in [1.54, 1.807) is 0 Å². The summed E-state index contributed by atoms with van der Waals surface area (Å²) in [6.45, 7) is 11.2. The summed E-state index contributed by atoms with van der Waals surface area (Å²) in [4.78, 5) is 24.3. The maximum absolute atomic E-state index is 12.6. The molecule has 0 aliphatic carbocycles. The summed E-state index contributed by atoms with van der Waals surface area (Å²) in [5, 5.41) is 3.27. The van der Waals surface area contributed by atoms with Gasteiger partial charge < -0.3 is 15.8 Å². The van der Waals surface area contributed by atoms with Gasteiger partial charge in [-0.1, -0.05) is 65.0 Å². The summed E-state index contributed by atoms with van der Waals surface area (Å²) in [5.41, 5.74) is 6.61. The second-order valence-corrected chi connectivity index (χ2v) is 8.36. The average molecular weight is 363 g/mol. The highest BCUT2D eigenvalue weighted by Crippen LogP contribution is 2.20. The van der Waals surface area contributed by atoms with Gasteiger partial charge in [-0.05, 0) is 36.3 Å². The maximum atomic E-state index is 12.6. The molecule has 1 amide bonds. The molecule has 0 saturated heterocycles. The Morgan fingerprint density at radius 2 is 1.77 bits per heavy atom. The summed E-state index contributed by atoms with van der Waals surface area (Å²) < 4.78 is 5.46. The third kappa shape index (κ3) is 8.48. The molecule has 5 heteroatoms. The zero-order chi connectivity index (χ0) is 19.7. The zero-order valence-electron chi connectivity index (χ0n) is 16.7. The Morgan fingerprint density at radius 3 is 2.27 bits per heavy atom. The van der Waals surface area contributed by atoms with Crippen LogP contribution in [0.15, 0.2) is 30.3 Å². The van der Waals surface area contributed by atoms with Crippen LogP contribution in [0.5, 0.6) is 0 Å². The molecule has 5 nitrogen and oxygen atoms in total. The van der Waals surface area contributed by atoms with Crippen molar-refractivity contribution in [3.8, 4) is 0 Å². The fourth-order valence-corrected chi connectivity index (χ4v) is 2.71. The number of hydrogen-bond acceptors (Lipinski definition) is 4. The van der Waals surface area contributed by atoms with E-state index in [-0.39, 0.29) is 17.8 Å². The number of nitrogens with one attached hydrogen (secondary N) is 1. The molecular weight excluding hydrogens is 328 g/mol. The van der Waals surface area contributed by atoms with Crippen LogP contribution in [0.4, 0.5) is 0 Å². The smallest absolute Gasteiger partial charge is 0.324 e. The standard InChI is InChI=1S/C21H34N2O3/c1-15(2)18(23-13-9-12-21(3,4)5)20(25)26-17(19(22)24)14-16-10-7-6-8-11-16/h6-8,10-11,15,17-18,23H,9,12-14H2,1-5H3,(H2,22,24). The van der Waals surface area contributed by atoms with E-state index < -0.39 is 24.0 Å². The molecular formula is C21H34N2O3. The highest BCUT2D eigenvalue weighted by molar-refractivity contribution is 5.84. The van der Waals surface area contributed by atoms with Gasteiger partial charge in [-0.3, -0.25) is 9.59 Å². The summed E-state index contributed by atoms with van der Waals surface area (Å²) in [6, 6.07) is 8.97. The monoisotopic (exact) mass is 362 g/mol. The van der Waals surface area contributed by atoms with Gasteiger partial charge in [0.25, 0.3) is 5.91 Å².